The Bertz CT molecular complexity index is 420. The van der Waals surface area contributed by atoms with E-state index in [1.807, 2.05) is 37.3 Å². The molecule has 1 rings (SSSR count). The zero-order valence-corrected chi connectivity index (χ0v) is 11.4. The van der Waals surface area contributed by atoms with Gasteiger partial charge < -0.3 is 16.0 Å². The van der Waals surface area contributed by atoms with Crippen molar-refractivity contribution in [3.05, 3.63) is 35.9 Å². The number of carbonyl (C=O) groups excluding carboxylic acids is 2. The van der Waals surface area contributed by atoms with Crippen molar-refractivity contribution in [3.8, 4) is 0 Å². The molecule has 104 valence electrons. The van der Waals surface area contributed by atoms with Crippen LogP contribution < -0.4 is 11.1 Å². The Labute approximate surface area is 113 Å². The summed E-state index contributed by atoms with van der Waals surface area (Å²) in [6, 6.07) is 9.08. The molecule has 1 aromatic carbocycles. The van der Waals surface area contributed by atoms with Crippen LogP contribution in [0.3, 0.4) is 0 Å². The zero-order valence-electron chi connectivity index (χ0n) is 11.4. The van der Waals surface area contributed by atoms with Crippen LogP contribution >= 0.6 is 0 Å². The zero-order chi connectivity index (χ0) is 14.3. The highest BCUT2D eigenvalue weighted by Crippen LogP contribution is 2.12. The lowest BCUT2D eigenvalue weighted by Crippen LogP contribution is -2.38. The number of rotatable bonds is 6. The second-order valence-corrected chi connectivity index (χ2v) is 4.41. The van der Waals surface area contributed by atoms with Gasteiger partial charge in [-0.3, -0.25) is 9.59 Å². The van der Waals surface area contributed by atoms with Gasteiger partial charge in [0, 0.05) is 26.1 Å². The molecule has 2 amide bonds. The summed E-state index contributed by atoms with van der Waals surface area (Å²) >= 11 is 0. The molecule has 0 saturated carbocycles. The molecule has 1 aromatic rings. The number of nitrogens with one attached hydrogen (secondary N) is 1. The number of amides is 2. The SMILES string of the molecule is CCN(C)C(=O)CNC(=O)CC(N)c1ccccc1. The van der Waals surface area contributed by atoms with E-state index in [4.69, 9.17) is 5.73 Å². The fourth-order valence-electron chi connectivity index (χ4n) is 1.58. The first-order valence-corrected chi connectivity index (χ1v) is 6.35. The molecule has 1 unspecified atom stereocenters. The molecule has 0 aliphatic rings. The maximum atomic E-state index is 11.7. The number of hydrogen-bond donors (Lipinski definition) is 2. The first-order chi connectivity index (χ1) is 9.04. The highest BCUT2D eigenvalue weighted by molar-refractivity contribution is 5.84. The van der Waals surface area contributed by atoms with Crippen LogP contribution in [0.2, 0.25) is 0 Å². The molecular weight excluding hydrogens is 242 g/mol. The van der Waals surface area contributed by atoms with Gasteiger partial charge in [0.05, 0.1) is 6.54 Å². The minimum atomic E-state index is -0.347. The van der Waals surface area contributed by atoms with Crippen LogP contribution in [0.5, 0.6) is 0 Å². The fraction of sp³-hybridized carbons (Fsp3) is 0.429. The molecule has 3 N–H and O–H groups in total. The molecule has 5 nitrogen and oxygen atoms in total. The number of benzene rings is 1. The maximum absolute atomic E-state index is 11.7. The lowest BCUT2D eigenvalue weighted by atomic mass is 10.0. The minimum Gasteiger partial charge on any atom is -0.347 e. The predicted octanol–water partition coefficient (Wildman–Crippen LogP) is 0.671. The third kappa shape index (κ3) is 5.09. The van der Waals surface area contributed by atoms with Crippen molar-refractivity contribution < 1.29 is 9.59 Å². The Hall–Kier alpha value is -1.88. The van der Waals surface area contributed by atoms with E-state index in [1.165, 1.54) is 0 Å². The number of carbonyl (C=O) groups is 2. The Balaban J connectivity index is 2.38. The van der Waals surface area contributed by atoms with Gasteiger partial charge in [0.25, 0.3) is 0 Å². The Morgan fingerprint density at radius 3 is 2.53 bits per heavy atom. The molecule has 5 heteroatoms. The predicted molar refractivity (Wildman–Crippen MR) is 74.3 cm³/mol. The van der Waals surface area contributed by atoms with Gasteiger partial charge in [-0.1, -0.05) is 30.3 Å². The van der Waals surface area contributed by atoms with Crippen LogP contribution in [0.15, 0.2) is 30.3 Å². The quantitative estimate of drug-likeness (QED) is 0.792. The van der Waals surface area contributed by atoms with Crippen molar-refractivity contribution in [2.75, 3.05) is 20.1 Å². The van der Waals surface area contributed by atoms with Crippen molar-refractivity contribution in [3.63, 3.8) is 0 Å². The van der Waals surface area contributed by atoms with Crippen molar-refractivity contribution in [2.45, 2.75) is 19.4 Å². The number of hydrogen-bond acceptors (Lipinski definition) is 3. The Morgan fingerprint density at radius 2 is 1.95 bits per heavy atom. The van der Waals surface area contributed by atoms with E-state index in [0.29, 0.717) is 6.54 Å². The molecular formula is C14H21N3O2. The summed E-state index contributed by atoms with van der Waals surface area (Å²) in [6.45, 7) is 2.52. The van der Waals surface area contributed by atoms with E-state index in [9.17, 15) is 9.59 Å². The largest absolute Gasteiger partial charge is 0.347 e. The number of nitrogens with zero attached hydrogens (tertiary/aromatic N) is 1. The summed E-state index contributed by atoms with van der Waals surface area (Å²) < 4.78 is 0. The van der Waals surface area contributed by atoms with Gasteiger partial charge in [-0.15, -0.1) is 0 Å². The summed E-state index contributed by atoms with van der Waals surface area (Å²) in [5.74, 6) is -0.321. The van der Waals surface area contributed by atoms with Crippen molar-refractivity contribution >= 4 is 11.8 Å². The van der Waals surface area contributed by atoms with Crippen LogP contribution in [-0.2, 0) is 9.59 Å². The van der Waals surface area contributed by atoms with Gasteiger partial charge in [-0.05, 0) is 12.5 Å². The fourth-order valence-corrected chi connectivity index (χ4v) is 1.58. The second kappa shape index (κ2) is 7.53. The van der Waals surface area contributed by atoms with Crippen LogP contribution in [0, 0.1) is 0 Å². The smallest absolute Gasteiger partial charge is 0.241 e. The van der Waals surface area contributed by atoms with Gasteiger partial charge in [-0.25, -0.2) is 0 Å². The van der Waals surface area contributed by atoms with Crippen molar-refractivity contribution in [1.29, 1.82) is 0 Å². The average Bonchev–Trinajstić information content (AvgIpc) is 2.44. The summed E-state index contributed by atoms with van der Waals surface area (Å²) in [6.07, 6.45) is 0.174. The normalized spacial score (nSPS) is 11.7. The first kappa shape index (κ1) is 15.2. The first-order valence-electron chi connectivity index (χ1n) is 6.35. The standard InChI is InChI=1S/C14H21N3O2/c1-3-17(2)14(19)10-16-13(18)9-12(15)11-7-5-4-6-8-11/h4-8,12H,3,9-10,15H2,1-2H3,(H,16,18). The number of nitrogens with two attached hydrogens (primary N) is 1. The van der Waals surface area contributed by atoms with Crippen molar-refractivity contribution in [2.24, 2.45) is 5.73 Å². The summed E-state index contributed by atoms with van der Waals surface area (Å²) in [4.78, 5) is 24.7. The number of likely N-dealkylation sites (N-methyl/N-ethyl adjacent to an activating group) is 1. The lowest BCUT2D eigenvalue weighted by molar-refractivity contribution is -0.131. The summed E-state index contributed by atoms with van der Waals surface area (Å²) in [5.41, 5.74) is 6.84. The third-order valence-electron chi connectivity index (χ3n) is 2.97. The van der Waals surface area contributed by atoms with E-state index in [-0.39, 0.29) is 30.8 Å². The third-order valence-corrected chi connectivity index (χ3v) is 2.97. The van der Waals surface area contributed by atoms with E-state index in [2.05, 4.69) is 5.32 Å². The van der Waals surface area contributed by atoms with Gasteiger partial charge in [0.2, 0.25) is 11.8 Å². The van der Waals surface area contributed by atoms with E-state index in [1.54, 1.807) is 11.9 Å². The van der Waals surface area contributed by atoms with E-state index in [0.717, 1.165) is 5.56 Å². The molecule has 0 fully saturated rings. The monoisotopic (exact) mass is 263 g/mol. The molecule has 0 saturated heterocycles. The molecule has 1 atom stereocenters. The lowest BCUT2D eigenvalue weighted by Gasteiger charge is -2.16. The van der Waals surface area contributed by atoms with Crippen LogP contribution in [0.1, 0.15) is 24.9 Å². The average molecular weight is 263 g/mol. The summed E-state index contributed by atoms with van der Waals surface area (Å²) in [7, 11) is 1.70. The molecule has 0 aliphatic carbocycles. The topological polar surface area (TPSA) is 75.4 Å². The Kier molecular flexibility index (Phi) is 6.02. The highest BCUT2D eigenvalue weighted by Gasteiger charge is 2.13. The van der Waals surface area contributed by atoms with Gasteiger partial charge in [-0.2, -0.15) is 0 Å². The molecule has 0 aromatic heterocycles. The van der Waals surface area contributed by atoms with Crippen LogP contribution in [-0.4, -0.2) is 36.9 Å². The maximum Gasteiger partial charge on any atom is 0.241 e. The van der Waals surface area contributed by atoms with Gasteiger partial charge >= 0.3 is 0 Å². The van der Waals surface area contributed by atoms with Crippen molar-refractivity contribution in [1.82, 2.24) is 10.2 Å². The Morgan fingerprint density at radius 1 is 1.32 bits per heavy atom. The summed E-state index contributed by atoms with van der Waals surface area (Å²) in [5, 5.41) is 2.59. The molecule has 0 radical (unpaired) electrons. The van der Waals surface area contributed by atoms with Gasteiger partial charge in [0.1, 0.15) is 0 Å². The molecule has 19 heavy (non-hydrogen) atoms. The van der Waals surface area contributed by atoms with Crippen LogP contribution in [0.4, 0.5) is 0 Å². The molecule has 0 aliphatic heterocycles. The molecule has 0 heterocycles. The highest BCUT2D eigenvalue weighted by atomic mass is 16.2. The molecule has 0 bridgehead atoms. The van der Waals surface area contributed by atoms with Gasteiger partial charge in [0.15, 0.2) is 0 Å². The van der Waals surface area contributed by atoms with E-state index < -0.39 is 0 Å². The second-order valence-electron chi connectivity index (χ2n) is 4.41. The minimum absolute atomic E-state index is 0.0185. The van der Waals surface area contributed by atoms with E-state index >= 15 is 0 Å². The van der Waals surface area contributed by atoms with Crippen LogP contribution in [0.25, 0.3) is 0 Å². The molecule has 0 spiro atoms.